The van der Waals surface area contributed by atoms with Crippen molar-refractivity contribution in [2.75, 3.05) is 0 Å². The number of benzene rings is 1. The molecule has 0 bridgehead atoms. The average Bonchev–Trinajstić information content (AvgIpc) is 2.44. The largest absolute Gasteiger partial charge is 0.458 e. The van der Waals surface area contributed by atoms with Crippen molar-refractivity contribution in [3.63, 3.8) is 0 Å². The van der Waals surface area contributed by atoms with E-state index < -0.39 is 0 Å². The molecule has 3 heteroatoms. The highest BCUT2D eigenvalue weighted by molar-refractivity contribution is 9.10. The standard InChI is InChI=1S/C11H12BrNO/c1-6-3-8-7(2)10(5-13)14-11(8)9(12)4-6/h3-4H,5,13H2,1-2H3. The minimum absolute atomic E-state index is 0.450. The molecule has 0 radical (unpaired) electrons. The molecule has 2 N–H and O–H groups in total. The molecule has 0 aliphatic heterocycles. The first-order valence-electron chi connectivity index (χ1n) is 4.51. The van der Waals surface area contributed by atoms with Gasteiger partial charge in [-0.3, -0.25) is 0 Å². The first kappa shape index (κ1) is 9.74. The number of furan rings is 1. The van der Waals surface area contributed by atoms with E-state index in [0.29, 0.717) is 6.54 Å². The first-order chi connectivity index (χ1) is 6.63. The third-order valence-electron chi connectivity index (χ3n) is 2.42. The average molecular weight is 254 g/mol. The summed E-state index contributed by atoms with van der Waals surface area (Å²) in [5.41, 5.74) is 8.85. The lowest BCUT2D eigenvalue weighted by molar-refractivity contribution is 0.547. The van der Waals surface area contributed by atoms with E-state index in [0.717, 1.165) is 26.8 Å². The van der Waals surface area contributed by atoms with Gasteiger partial charge in [0.2, 0.25) is 0 Å². The molecule has 0 atom stereocenters. The molecule has 0 fully saturated rings. The van der Waals surface area contributed by atoms with Crippen LogP contribution in [0.25, 0.3) is 11.0 Å². The highest BCUT2D eigenvalue weighted by Crippen LogP contribution is 2.31. The number of halogens is 1. The van der Waals surface area contributed by atoms with E-state index in [1.807, 2.05) is 13.0 Å². The van der Waals surface area contributed by atoms with Crippen molar-refractivity contribution in [2.24, 2.45) is 5.73 Å². The Balaban J connectivity index is 2.85. The predicted octanol–water partition coefficient (Wildman–Crippen LogP) is 3.27. The Hall–Kier alpha value is -0.800. The molecule has 0 aliphatic rings. The zero-order chi connectivity index (χ0) is 10.3. The van der Waals surface area contributed by atoms with Crippen LogP contribution >= 0.6 is 15.9 Å². The van der Waals surface area contributed by atoms with Crippen LogP contribution in [0.15, 0.2) is 21.0 Å². The molecule has 1 aromatic carbocycles. The van der Waals surface area contributed by atoms with Crippen molar-refractivity contribution in [2.45, 2.75) is 20.4 Å². The zero-order valence-electron chi connectivity index (χ0n) is 8.23. The van der Waals surface area contributed by atoms with E-state index in [1.54, 1.807) is 0 Å². The van der Waals surface area contributed by atoms with Gasteiger partial charge in [0.05, 0.1) is 11.0 Å². The second-order valence-corrected chi connectivity index (χ2v) is 4.33. The van der Waals surface area contributed by atoms with E-state index in [1.165, 1.54) is 5.56 Å². The Kier molecular flexibility index (Phi) is 2.37. The molecule has 0 saturated heterocycles. The van der Waals surface area contributed by atoms with Crippen LogP contribution in [-0.2, 0) is 6.54 Å². The number of nitrogens with two attached hydrogens (primary N) is 1. The Morgan fingerprint density at radius 3 is 2.71 bits per heavy atom. The SMILES string of the molecule is Cc1cc(Br)c2oc(CN)c(C)c2c1. The maximum Gasteiger partial charge on any atom is 0.148 e. The number of rotatable bonds is 1. The zero-order valence-corrected chi connectivity index (χ0v) is 9.81. The molecule has 0 aliphatic carbocycles. The van der Waals surface area contributed by atoms with Gasteiger partial charge in [0.25, 0.3) is 0 Å². The third kappa shape index (κ3) is 1.37. The number of aryl methyl sites for hydroxylation is 2. The molecule has 0 amide bonds. The fraction of sp³-hybridized carbons (Fsp3) is 0.273. The fourth-order valence-electron chi connectivity index (χ4n) is 1.66. The van der Waals surface area contributed by atoms with Crippen LogP contribution in [0.5, 0.6) is 0 Å². The minimum atomic E-state index is 0.450. The van der Waals surface area contributed by atoms with Gasteiger partial charge in [0.15, 0.2) is 0 Å². The van der Waals surface area contributed by atoms with E-state index in [-0.39, 0.29) is 0 Å². The lowest BCUT2D eigenvalue weighted by atomic mass is 10.1. The Bertz CT molecular complexity index is 487. The lowest BCUT2D eigenvalue weighted by Gasteiger charge is -1.96. The highest BCUT2D eigenvalue weighted by Gasteiger charge is 2.11. The van der Waals surface area contributed by atoms with Gasteiger partial charge in [-0.2, -0.15) is 0 Å². The van der Waals surface area contributed by atoms with Crippen LogP contribution in [0.4, 0.5) is 0 Å². The van der Waals surface area contributed by atoms with Crippen LogP contribution in [0.3, 0.4) is 0 Å². The molecule has 2 nitrogen and oxygen atoms in total. The summed E-state index contributed by atoms with van der Waals surface area (Å²) in [6.45, 7) is 4.56. The van der Waals surface area contributed by atoms with E-state index in [9.17, 15) is 0 Å². The van der Waals surface area contributed by atoms with Gasteiger partial charge in [-0.1, -0.05) is 0 Å². The maximum absolute atomic E-state index is 5.66. The number of fused-ring (bicyclic) bond motifs is 1. The van der Waals surface area contributed by atoms with Gasteiger partial charge in [0.1, 0.15) is 11.3 Å². The van der Waals surface area contributed by atoms with Gasteiger partial charge in [0, 0.05) is 5.39 Å². The summed E-state index contributed by atoms with van der Waals surface area (Å²) in [7, 11) is 0. The monoisotopic (exact) mass is 253 g/mol. The smallest absolute Gasteiger partial charge is 0.148 e. The second kappa shape index (κ2) is 3.41. The van der Waals surface area contributed by atoms with Gasteiger partial charge in [-0.05, 0) is 53.0 Å². The minimum Gasteiger partial charge on any atom is -0.458 e. The summed E-state index contributed by atoms with van der Waals surface area (Å²) in [4.78, 5) is 0. The molecule has 14 heavy (non-hydrogen) atoms. The summed E-state index contributed by atoms with van der Waals surface area (Å²) in [5.74, 6) is 0.867. The van der Waals surface area contributed by atoms with Crippen molar-refractivity contribution in [3.8, 4) is 0 Å². The first-order valence-corrected chi connectivity index (χ1v) is 5.31. The molecule has 0 saturated carbocycles. The third-order valence-corrected chi connectivity index (χ3v) is 3.01. The molecule has 2 aromatic rings. The van der Waals surface area contributed by atoms with Gasteiger partial charge in [-0.25, -0.2) is 0 Å². The van der Waals surface area contributed by atoms with Crippen molar-refractivity contribution in [1.29, 1.82) is 0 Å². The Morgan fingerprint density at radius 2 is 2.07 bits per heavy atom. The highest BCUT2D eigenvalue weighted by atomic mass is 79.9. The van der Waals surface area contributed by atoms with Gasteiger partial charge >= 0.3 is 0 Å². The van der Waals surface area contributed by atoms with Gasteiger partial charge < -0.3 is 10.2 Å². The van der Waals surface area contributed by atoms with Crippen LogP contribution in [-0.4, -0.2) is 0 Å². The number of hydrogen-bond donors (Lipinski definition) is 1. The second-order valence-electron chi connectivity index (χ2n) is 3.48. The molecule has 1 heterocycles. The Morgan fingerprint density at radius 1 is 1.36 bits per heavy atom. The lowest BCUT2D eigenvalue weighted by Crippen LogP contribution is -1.95. The van der Waals surface area contributed by atoms with Crippen molar-refractivity contribution in [1.82, 2.24) is 0 Å². The molecule has 2 rings (SSSR count). The summed E-state index contributed by atoms with van der Waals surface area (Å²) >= 11 is 3.49. The molecule has 74 valence electrons. The van der Waals surface area contributed by atoms with Crippen LogP contribution in [0.2, 0.25) is 0 Å². The number of hydrogen-bond acceptors (Lipinski definition) is 2. The van der Waals surface area contributed by atoms with E-state index >= 15 is 0 Å². The van der Waals surface area contributed by atoms with E-state index in [4.69, 9.17) is 10.2 Å². The summed E-state index contributed by atoms with van der Waals surface area (Å²) in [6, 6.07) is 4.17. The fourth-order valence-corrected chi connectivity index (χ4v) is 2.31. The van der Waals surface area contributed by atoms with Crippen LogP contribution in [0.1, 0.15) is 16.9 Å². The molecule has 1 aromatic heterocycles. The summed E-state index contributed by atoms with van der Waals surface area (Å²) in [6.07, 6.45) is 0. The molecule has 0 spiro atoms. The Labute approximate surface area is 91.2 Å². The maximum atomic E-state index is 5.66. The van der Waals surface area contributed by atoms with E-state index in [2.05, 4.69) is 28.9 Å². The van der Waals surface area contributed by atoms with Crippen molar-refractivity contribution in [3.05, 3.63) is 33.5 Å². The summed E-state index contributed by atoms with van der Waals surface area (Å²) < 4.78 is 6.66. The predicted molar refractivity (Wildman–Crippen MR) is 61.3 cm³/mol. The van der Waals surface area contributed by atoms with Crippen molar-refractivity contribution < 1.29 is 4.42 Å². The molecule has 0 unspecified atom stereocenters. The van der Waals surface area contributed by atoms with Gasteiger partial charge in [-0.15, -0.1) is 0 Å². The molecular formula is C11H12BrNO. The van der Waals surface area contributed by atoms with Crippen LogP contribution < -0.4 is 5.73 Å². The normalized spacial score (nSPS) is 11.1. The summed E-state index contributed by atoms with van der Waals surface area (Å²) in [5, 5.41) is 1.15. The van der Waals surface area contributed by atoms with Crippen LogP contribution in [0, 0.1) is 13.8 Å². The quantitative estimate of drug-likeness (QED) is 0.848. The topological polar surface area (TPSA) is 39.2 Å². The van der Waals surface area contributed by atoms with Crippen molar-refractivity contribution >= 4 is 26.9 Å². The molecular weight excluding hydrogens is 242 g/mol.